The lowest BCUT2D eigenvalue weighted by Gasteiger charge is -2.16. The van der Waals surface area contributed by atoms with Gasteiger partial charge in [0.2, 0.25) is 16.8 Å². The van der Waals surface area contributed by atoms with Crippen LogP contribution in [0.5, 0.6) is 0 Å². The van der Waals surface area contributed by atoms with E-state index in [1.54, 1.807) is 6.20 Å². The van der Waals surface area contributed by atoms with Gasteiger partial charge >= 0.3 is 0 Å². The van der Waals surface area contributed by atoms with Crippen LogP contribution < -0.4 is 5.43 Å². The number of aromatic nitrogens is 2. The van der Waals surface area contributed by atoms with E-state index in [0.29, 0.717) is 11.3 Å². The summed E-state index contributed by atoms with van der Waals surface area (Å²) in [6.07, 6.45) is 5.53. The van der Waals surface area contributed by atoms with Crippen LogP contribution >= 0.6 is 0 Å². The molecule has 0 fully saturated rings. The molecule has 3 heterocycles. The smallest absolute Gasteiger partial charge is 0.214 e. The van der Waals surface area contributed by atoms with E-state index in [1.807, 2.05) is 61.4 Å². The second-order valence-corrected chi connectivity index (χ2v) is 8.30. The monoisotopic (exact) mass is 395 g/mol. The first-order valence-electron chi connectivity index (χ1n) is 10.0. The van der Waals surface area contributed by atoms with Gasteiger partial charge < -0.3 is 4.57 Å². The highest BCUT2D eigenvalue weighted by atomic mass is 16.1. The van der Waals surface area contributed by atoms with Gasteiger partial charge in [-0.25, -0.2) is 4.99 Å². The minimum absolute atomic E-state index is 0.0745. The largest absolute Gasteiger partial charge is 0.349 e. The third-order valence-corrected chi connectivity index (χ3v) is 6.18. The molecule has 0 saturated carbocycles. The van der Waals surface area contributed by atoms with Crippen molar-refractivity contribution in [2.45, 2.75) is 19.3 Å². The predicted molar refractivity (Wildman–Crippen MR) is 122 cm³/mol. The van der Waals surface area contributed by atoms with Crippen LogP contribution in [0.3, 0.4) is 0 Å². The third-order valence-electron chi connectivity index (χ3n) is 6.18. The van der Waals surface area contributed by atoms with Crippen molar-refractivity contribution in [3.05, 3.63) is 76.7 Å². The fourth-order valence-electron chi connectivity index (χ4n) is 4.61. The van der Waals surface area contributed by atoms with Crippen molar-refractivity contribution < 1.29 is 4.58 Å². The summed E-state index contributed by atoms with van der Waals surface area (Å²) in [4.78, 5) is 22.7. The molecular weight excluding hydrogens is 372 g/mol. The van der Waals surface area contributed by atoms with Gasteiger partial charge in [0.1, 0.15) is 12.7 Å². The van der Waals surface area contributed by atoms with Crippen molar-refractivity contribution in [3.63, 3.8) is 0 Å². The topological polar surface area (TPSA) is 50.3 Å². The molecule has 148 valence electrons. The molecular formula is C25H23N4O+. The first-order valence-corrected chi connectivity index (χ1v) is 10.0. The number of para-hydroxylation sites is 1. The Balaban J connectivity index is 1.75. The summed E-state index contributed by atoms with van der Waals surface area (Å²) in [5.41, 5.74) is 5.89. The second-order valence-electron chi connectivity index (χ2n) is 8.30. The molecule has 2 aromatic rings. The molecule has 0 amide bonds. The van der Waals surface area contributed by atoms with Gasteiger partial charge in [-0.2, -0.15) is 4.58 Å². The molecule has 30 heavy (non-hydrogen) atoms. The number of nitrogens with zero attached hydrogens (tertiary/aromatic N) is 4. The van der Waals surface area contributed by atoms with Crippen molar-refractivity contribution in [1.82, 2.24) is 9.55 Å². The number of fused-ring (bicyclic) bond motifs is 4. The van der Waals surface area contributed by atoms with Gasteiger partial charge in [-0.3, -0.25) is 9.78 Å². The third kappa shape index (κ3) is 2.48. The van der Waals surface area contributed by atoms with E-state index in [0.717, 1.165) is 22.3 Å². The summed E-state index contributed by atoms with van der Waals surface area (Å²) in [6, 6.07) is 15.9. The Morgan fingerprint density at radius 1 is 1.10 bits per heavy atom. The molecule has 0 spiro atoms. The highest BCUT2D eigenvalue weighted by Gasteiger charge is 2.43. The lowest BCUT2D eigenvalue weighted by atomic mass is 9.82. The Labute approximate surface area is 175 Å². The normalized spacial score (nSPS) is 15.5. The zero-order valence-corrected chi connectivity index (χ0v) is 17.5. The van der Waals surface area contributed by atoms with E-state index in [-0.39, 0.29) is 10.8 Å². The number of pyridine rings is 2. The first kappa shape index (κ1) is 18.4. The van der Waals surface area contributed by atoms with Gasteiger partial charge in [0.15, 0.2) is 0 Å². The molecule has 3 aliphatic rings. The molecule has 0 unspecified atom stereocenters. The summed E-state index contributed by atoms with van der Waals surface area (Å²) in [5.74, 6) is 0. The number of hydrogen-bond donors (Lipinski definition) is 0. The molecule has 0 atom stereocenters. The Kier molecular flexibility index (Phi) is 3.97. The van der Waals surface area contributed by atoms with E-state index in [9.17, 15) is 4.79 Å². The van der Waals surface area contributed by atoms with Crippen LogP contribution in [0.15, 0.2) is 70.7 Å². The molecule has 0 N–H and O–H groups in total. The number of aliphatic imine (C=N–C) groups is 1. The quantitative estimate of drug-likeness (QED) is 0.286. The lowest BCUT2D eigenvalue weighted by Crippen LogP contribution is -2.29. The zero-order valence-electron chi connectivity index (χ0n) is 17.5. The fraction of sp³-hybridized carbons (Fsp3) is 0.200. The van der Waals surface area contributed by atoms with Crippen molar-refractivity contribution in [2.75, 3.05) is 7.05 Å². The summed E-state index contributed by atoms with van der Waals surface area (Å²) in [5, 5.41) is 0.768. The van der Waals surface area contributed by atoms with Gasteiger partial charge in [-0.15, -0.1) is 0 Å². The molecule has 5 rings (SSSR count). The summed E-state index contributed by atoms with van der Waals surface area (Å²) < 4.78 is 4.10. The molecule has 1 aromatic heterocycles. The fourth-order valence-corrected chi connectivity index (χ4v) is 4.61. The van der Waals surface area contributed by atoms with Crippen LogP contribution in [0.2, 0.25) is 0 Å². The molecule has 1 aromatic carbocycles. The van der Waals surface area contributed by atoms with Crippen molar-refractivity contribution in [1.29, 1.82) is 0 Å². The maximum absolute atomic E-state index is 13.4. The number of benzene rings is 2. The molecule has 0 radical (unpaired) electrons. The number of rotatable bonds is 2. The maximum atomic E-state index is 13.4. The highest BCUT2D eigenvalue weighted by Crippen LogP contribution is 2.38. The van der Waals surface area contributed by atoms with E-state index in [1.165, 1.54) is 11.3 Å². The van der Waals surface area contributed by atoms with Crippen molar-refractivity contribution >= 4 is 34.2 Å². The van der Waals surface area contributed by atoms with Gasteiger partial charge in [-0.05, 0) is 38.1 Å². The van der Waals surface area contributed by atoms with E-state index in [2.05, 4.69) is 41.6 Å². The van der Waals surface area contributed by atoms with Crippen LogP contribution in [0.4, 0.5) is 11.4 Å². The minimum Gasteiger partial charge on any atom is -0.349 e. The maximum Gasteiger partial charge on any atom is 0.214 e. The molecule has 5 nitrogen and oxygen atoms in total. The Morgan fingerprint density at radius 3 is 2.70 bits per heavy atom. The lowest BCUT2D eigenvalue weighted by molar-refractivity contribution is -0.400. The zero-order chi connectivity index (χ0) is 21.0. The van der Waals surface area contributed by atoms with Gasteiger partial charge in [0.25, 0.3) is 0 Å². The SMILES string of the molecule is Cn1cccc2c(=O)c(N=CC3=[N+](C)c4ccccc4C3(C)C)c3cccnc3c1-2. The van der Waals surface area contributed by atoms with Gasteiger partial charge in [-0.1, -0.05) is 18.2 Å². The van der Waals surface area contributed by atoms with Crippen LogP contribution in [-0.2, 0) is 12.5 Å². The Bertz CT molecular complexity index is 1410. The van der Waals surface area contributed by atoms with Crippen LogP contribution in [0.25, 0.3) is 22.2 Å². The summed E-state index contributed by atoms with van der Waals surface area (Å²) >= 11 is 0. The van der Waals surface area contributed by atoms with Crippen LogP contribution in [0, 0.1) is 0 Å². The summed E-state index contributed by atoms with van der Waals surface area (Å²) in [6.45, 7) is 4.38. The second kappa shape index (κ2) is 6.46. The van der Waals surface area contributed by atoms with E-state index < -0.39 is 0 Å². The predicted octanol–water partition coefficient (Wildman–Crippen LogP) is 4.45. The minimum atomic E-state index is -0.199. The van der Waals surface area contributed by atoms with Crippen molar-refractivity contribution in [3.8, 4) is 11.3 Å². The molecule has 1 aliphatic carbocycles. The molecule has 2 aliphatic heterocycles. The average molecular weight is 395 g/mol. The van der Waals surface area contributed by atoms with Gasteiger partial charge in [0, 0.05) is 36.5 Å². The van der Waals surface area contributed by atoms with E-state index >= 15 is 0 Å². The van der Waals surface area contributed by atoms with E-state index in [4.69, 9.17) is 4.99 Å². The highest BCUT2D eigenvalue weighted by molar-refractivity contribution is 6.34. The van der Waals surface area contributed by atoms with Crippen LogP contribution in [-0.4, -0.2) is 33.1 Å². The number of aryl methyl sites for hydroxylation is 1. The van der Waals surface area contributed by atoms with Crippen molar-refractivity contribution in [2.24, 2.45) is 12.0 Å². The van der Waals surface area contributed by atoms with Crippen LogP contribution in [0.1, 0.15) is 19.4 Å². The standard InChI is InChI=1S/C25H23N4O/c1-25(2)18-11-5-6-12-19(18)29(4)20(25)15-27-22-16-9-7-13-26-21(16)23-17(24(22)30)10-8-14-28(23)3/h5-15H,1-4H3/q+1. The average Bonchev–Trinajstić information content (AvgIpc) is 2.94. The van der Waals surface area contributed by atoms with Gasteiger partial charge in [0.05, 0.1) is 28.4 Å². The first-order chi connectivity index (χ1) is 14.4. The molecule has 0 bridgehead atoms. The number of hydrogen-bond acceptors (Lipinski definition) is 3. The Hall–Kier alpha value is -3.60. The Morgan fingerprint density at radius 2 is 1.90 bits per heavy atom. The molecule has 5 heteroatoms. The molecule has 0 saturated heterocycles. The summed E-state index contributed by atoms with van der Waals surface area (Å²) in [7, 11) is 3.98.